The number of pyridine rings is 1. The quantitative estimate of drug-likeness (QED) is 0.781. The highest BCUT2D eigenvalue weighted by Gasteiger charge is 2.32. The number of hydrogen-bond donors (Lipinski definition) is 2. The fraction of sp³-hybridized carbons (Fsp3) is 0.538. The molecule has 2 fully saturated rings. The fourth-order valence-corrected chi connectivity index (χ4v) is 2.97. The summed E-state index contributed by atoms with van der Waals surface area (Å²) < 4.78 is 0. The molecule has 0 saturated carbocycles. The molecule has 1 amide bonds. The highest BCUT2D eigenvalue weighted by atomic mass is 16.5. The highest BCUT2D eigenvalue weighted by molar-refractivity contribution is 5.94. The number of aromatic nitrogens is 1. The van der Waals surface area contributed by atoms with Crippen LogP contribution >= 0.6 is 0 Å². The van der Waals surface area contributed by atoms with E-state index >= 15 is 0 Å². The number of hydrogen-bond acceptors (Lipinski definition) is 5. The maximum Gasteiger partial charge on any atom is 0.228 e. The van der Waals surface area contributed by atoms with Gasteiger partial charge >= 0.3 is 0 Å². The van der Waals surface area contributed by atoms with Gasteiger partial charge in [-0.2, -0.15) is 0 Å². The van der Waals surface area contributed by atoms with Crippen LogP contribution in [0.4, 0.5) is 11.5 Å². The second-order valence-electron chi connectivity index (χ2n) is 5.09. The van der Waals surface area contributed by atoms with E-state index in [1.807, 2.05) is 5.48 Å². The van der Waals surface area contributed by atoms with Gasteiger partial charge in [0.15, 0.2) is 0 Å². The van der Waals surface area contributed by atoms with Crippen molar-refractivity contribution in [1.82, 2.24) is 9.88 Å². The monoisotopic (exact) mass is 262 g/mol. The first-order chi connectivity index (χ1) is 9.28. The Balaban J connectivity index is 1.78. The third-order valence-corrected chi connectivity index (χ3v) is 4.00. The lowest BCUT2D eigenvalue weighted by atomic mass is 10.1. The molecule has 1 unspecified atom stereocenters. The molecule has 0 bridgehead atoms. The maximum absolute atomic E-state index is 12.3. The van der Waals surface area contributed by atoms with E-state index in [1.165, 1.54) is 6.42 Å². The largest absolute Gasteiger partial charge is 0.310 e. The second-order valence-corrected chi connectivity index (χ2v) is 5.09. The van der Waals surface area contributed by atoms with Crippen LogP contribution in [0.15, 0.2) is 18.3 Å². The average Bonchev–Trinajstić information content (AvgIpc) is 2.81. The zero-order valence-corrected chi connectivity index (χ0v) is 10.7. The van der Waals surface area contributed by atoms with Crippen molar-refractivity contribution in [1.29, 1.82) is 0 Å². The van der Waals surface area contributed by atoms with Crippen LogP contribution in [0.1, 0.15) is 19.3 Å². The van der Waals surface area contributed by atoms with E-state index in [4.69, 9.17) is 5.21 Å². The first kappa shape index (κ1) is 12.4. The number of carbonyl (C=O) groups is 1. The third-order valence-electron chi connectivity index (χ3n) is 4.00. The number of rotatable bonds is 2. The Kier molecular flexibility index (Phi) is 3.35. The number of fused-ring (bicyclic) bond motifs is 1. The molecule has 0 aliphatic carbocycles. The molecule has 1 aromatic heterocycles. The molecule has 1 atom stereocenters. The van der Waals surface area contributed by atoms with E-state index in [0.717, 1.165) is 25.2 Å². The highest BCUT2D eigenvalue weighted by Crippen LogP contribution is 2.26. The van der Waals surface area contributed by atoms with Crippen LogP contribution in [0.3, 0.4) is 0 Å². The summed E-state index contributed by atoms with van der Waals surface area (Å²) in [5, 5.41) is 8.75. The molecule has 2 aliphatic rings. The minimum absolute atomic E-state index is 0.168. The van der Waals surface area contributed by atoms with Gasteiger partial charge in [0.05, 0.1) is 11.9 Å². The average molecular weight is 262 g/mol. The standard InChI is InChI=1S/C13H18N4O2/c18-13-8-10-2-1-5-16(10)6-7-17(13)11-3-4-12(15-19)14-9-11/h3-4,9-10,19H,1-2,5-8H2,(H,14,15). The first-order valence-corrected chi connectivity index (χ1v) is 6.68. The molecule has 2 aliphatic heterocycles. The minimum Gasteiger partial charge on any atom is -0.310 e. The van der Waals surface area contributed by atoms with Crippen molar-refractivity contribution in [2.75, 3.05) is 30.0 Å². The molecule has 0 aromatic carbocycles. The van der Waals surface area contributed by atoms with Crippen LogP contribution in [0.2, 0.25) is 0 Å². The molecule has 102 valence electrons. The number of carbonyl (C=O) groups excluding carboxylic acids is 1. The summed E-state index contributed by atoms with van der Waals surface area (Å²) in [4.78, 5) is 20.6. The lowest BCUT2D eigenvalue weighted by Crippen LogP contribution is -2.33. The summed E-state index contributed by atoms with van der Waals surface area (Å²) in [6, 6.07) is 3.89. The Morgan fingerprint density at radius 1 is 1.32 bits per heavy atom. The van der Waals surface area contributed by atoms with Crippen LogP contribution in [-0.2, 0) is 4.79 Å². The van der Waals surface area contributed by atoms with Gasteiger partial charge in [0.25, 0.3) is 0 Å². The normalized spacial score (nSPS) is 24.2. The summed E-state index contributed by atoms with van der Waals surface area (Å²) in [6.45, 7) is 2.75. The van der Waals surface area contributed by atoms with Gasteiger partial charge in [-0.3, -0.25) is 20.4 Å². The predicted octanol–water partition coefficient (Wildman–Crippen LogP) is 1.08. The van der Waals surface area contributed by atoms with E-state index in [1.54, 1.807) is 23.2 Å². The zero-order valence-electron chi connectivity index (χ0n) is 10.7. The van der Waals surface area contributed by atoms with Crippen LogP contribution in [-0.4, -0.2) is 46.7 Å². The lowest BCUT2D eigenvalue weighted by Gasteiger charge is -2.21. The number of nitrogens with one attached hydrogen (secondary N) is 1. The molecule has 19 heavy (non-hydrogen) atoms. The van der Waals surface area contributed by atoms with E-state index < -0.39 is 0 Å². The van der Waals surface area contributed by atoms with Crippen LogP contribution < -0.4 is 10.4 Å². The van der Waals surface area contributed by atoms with Gasteiger partial charge in [-0.15, -0.1) is 0 Å². The molecular formula is C13H18N4O2. The Morgan fingerprint density at radius 3 is 2.95 bits per heavy atom. The molecule has 3 heterocycles. The predicted molar refractivity (Wildman–Crippen MR) is 71.2 cm³/mol. The molecular weight excluding hydrogens is 244 g/mol. The molecule has 0 radical (unpaired) electrons. The maximum atomic E-state index is 12.3. The van der Waals surface area contributed by atoms with Crippen LogP contribution in [0.25, 0.3) is 0 Å². The second kappa shape index (κ2) is 5.14. The molecule has 3 rings (SSSR count). The van der Waals surface area contributed by atoms with Crippen molar-refractivity contribution in [3.05, 3.63) is 18.3 Å². The van der Waals surface area contributed by atoms with E-state index in [9.17, 15) is 4.79 Å². The molecule has 2 saturated heterocycles. The first-order valence-electron chi connectivity index (χ1n) is 6.68. The molecule has 1 aromatic rings. The Morgan fingerprint density at radius 2 is 2.21 bits per heavy atom. The van der Waals surface area contributed by atoms with Gasteiger partial charge in [-0.1, -0.05) is 0 Å². The van der Waals surface area contributed by atoms with Crippen molar-refractivity contribution in [3.63, 3.8) is 0 Å². The molecule has 0 spiro atoms. The third kappa shape index (κ3) is 2.41. The number of amides is 1. The Labute approximate surface area is 112 Å². The van der Waals surface area contributed by atoms with E-state index in [-0.39, 0.29) is 5.91 Å². The van der Waals surface area contributed by atoms with Gasteiger partial charge < -0.3 is 4.90 Å². The van der Waals surface area contributed by atoms with Crippen molar-refractivity contribution in [2.24, 2.45) is 0 Å². The van der Waals surface area contributed by atoms with Crippen molar-refractivity contribution in [2.45, 2.75) is 25.3 Å². The summed E-state index contributed by atoms with van der Waals surface area (Å²) in [5.41, 5.74) is 2.79. The van der Waals surface area contributed by atoms with Crippen LogP contribution in [0, 0.1) is 0 Å². The SMILES string of the molecule is O=C1CC2CCCN2CCN1c1ccc(NO)nc1. The summed E-state index contributed by atoms with van der Waals surface area (Å²) in [7, 11) is 0. The van der Waals surface area contributed by atoms with Gasteiger partial charge in [0.1, 0.15) is 5.82 Å². The molecule has 6 heteroatoms. The molecule has 6 nitrogen and oxygen atoms in total. The van der Waals surface area contributed by atoms with Gasteiger partial charge in [-0.05, 0) is 31.5 Å². The summed E-state index contributed by atoms with van der Waals surface area (Å²) >= 11 is 0. The van der Waals surface area contributed by atoms with Crippen molar-refractivity contribution < 1.29 is 10.0 Å². The van der Waals surface area contributed by atoms with Crippen LogP contribution in [0.5, 0.6) is 0 Å². The lowest BCUT2D eigenvalue weighted by molar-refractivity contribution is -0.118. The Bertz CT molecular complexity index is 462. The van der Waals surface area contributed by atoms with Gasteiger partial charge in [0.2, 0.25) is 5.91 Å². The van der Waals surface area contributed by atoms with Crippen molar-refractivity contribution in [3.8, 4) is 0 Å². The summed E-state index contributed by atoms with van der Waals surface area (Å²) in [6.07, 6.45) is 4.55. The fourth-order valence-electron chi connectivity index (χ4n) is 2.97. The number of nitrogens with zero attached hydrogens (tertiary/aromatic N) is 3. The zero-order chi connectivity index (χ0) is 13.2. The van der Waals surface area contributed by atoms with Gasteiger partial charge in [0, 0.05) is 25.6 Å². The minimum atomic E-state index is 0.168. The Hall–Kier alpha value is -1.66. The summed E-state index contributed by atoms with van der Waals surface area (Å²) in [5.74, 6) is 0.549. The van der Waals surface area contributed by atoms with E-state index in [0.29, 0.717) is 24.8 Å². The topological polar surface area (TPSA) is 68.7 Å². The van der Waals surface area contributed by atoms with E-state index in [2.05, 4.69) is 9.88 Å². The smallest absolute Gasteiger partial charge is 0.228 e. The van der Waals surface area contributed by atoms with Gasteiger partial charge in [-0.25, -0.2) is 4.98 Å². The van der Waals surface area contributed by atoms with Crippen molar-refractivity contribution >= 4 is 17.4 Å². The number of anilines is 2. The molecule has 2 N–H and O–H groups in total.